The zero-order chi connectivity index (χ0) is 7.56. The maximum atomic E-state index is 12.2. The van der Waals surface area contributed by atoms with Crippen LogP contribution in [0.5, 0.6) is 0 Å². The number of hydrogen-bond acceptors (Lipinski definition) is 2. The summed E-state index contributed by atoms with van der Waals surface area (Å²) in [7, 11) is 0. The maximum absolute atomic E-state index is 12.2. The van der Waals surface area contributed by atoms with Crippen LogP contribution in [0.1, 0.15) is 0 Å². The molecule has 10 heavy (non-hydrogen) atoms. The van der Waals surface area contributed by atoms with Crippen LogP contribution < -0.4 is 0 Å². The van der Waals surface area contributed by atoms with Gasteiger partial charge in [-0.15, -0.1) is 0 Å². The number of rotatable bonds is 0. The fourth-order valence-electron chi connectivity index (χ4n) is 0.482. The molecule has 0 aromatic carbocycles. The van der Waals surface area contributed by atoms with Crippen molar-refractivity contribution in [3.63, 3.8) is 0 Å². The second-order valence-electron chi connectivity index (χ2n) is 1.56. The first-order chi connectivity index (χ1) is 4.74. The van der Waals surface area contributed by atoms with Crippen LogP contribution in [-0.2, 0) is 0 Å². The first-order valence-corrected chi connectivity index (χ1v) is 2.78. The molecule has 0 saturated carbocycles. The van der Waals surface area contributed by atoms with Gasteiger partial charge in [0.1, 0.15) is 5.82 Å². The summed E-state index contributed by atoms with van der Waals surface area (Å²) in [6, 6.07) is 0.981. The minimum atomic E-state index is -0.586. The molecule has 0 N–H and O–H groups in total. The van der Waals surface area contributed by atoms with Crippen molar-refractivity contribution in [1.82, 2.24) is 4.98 Å². The molecule has 0 atom stereocenters. The molecule has 0 bridgehead atoms. The minimum absolute atomic E-state index is 0.0242. The van der Waals surface area contributed by atoms with Gasteiger partial charge >= 0.3 is 5.69 Å². The third-order valence-corrected chi connectivity index (χ3v) is 1.19. The van der Waals surface area contributed by atoms with Gasteiger partial charge in [0.05, 0.1) is 12.3 Å². The van der Waals surface area contributed by atoms with E-state index in [2.05, 4.69) is 9.96 Å². The summed E-state index contributed by atoms with van der Waals surface area (Å²) >= 11 is 5.36. The number of hydrogen-bond donors (Lipinski definition) is 0. The standard InChI is InChI=1S/C5H2ClFN3/c6-5-4(10-8)1-3(7)2-9-5/h1-2H/q+1. The van der Waals surface area contributed by atoms with E-state index in [0.717, 1.165) is 12.3 Å². The highest BCUT2D eigenvalue weighted by molar-refractivity contribution is 6.32. The number of halogens is 2. The van der Waals surface area contributed by atoms with E-state index in [1.807, 2.05) is 0 Å². The Morgan fingerprint density at radius 2 is 2.40 bits per heavy atom. The van der Waals surface area contributed by atoms with Crippen molar-refractivity contribution in [3.8, 4) is 0 Å². The summed E-state index contributed by atoms with van der Waals surface area (Å²) < 4.78 is 12.2. The zero-order valence-corrected chi connectivity index (χ0v) is 5.51. The Morgan fingerprint density at radius 1 is 1.70 bits per heavy atom. The Bertz CT molecular complexity index is 293. The van der Waals surface area contributed by atoms with Crippen LogP contribution in [0.3, 0.4) is 0 Å². The number of aromatic nitrogens is 1. The summed E-state index contributed by atoms with van der Waals surface area (Å²) in [4.78, 5) is 6.08. The quantitative estimate of drug-likeness (QED) is 0.430. The predicted molar refractivity (Wildman–Crippen MR) is 33.9 cm³/mol. The van der Waals surface area contributed by atoms with Crippen LogP contribution in [0.15, 0.2) is 12.3 Å². The molecule has 0 saturated heterocycles. The lowest BCUT2D eigenvalue weighted by Crippen LogP contribution is -1.77. The average molecular weight is 159 g/mol. The molecular formula is C5H2ClFN3+. The molecule has 0 amide bonds. The smallest absolute Gasteiger partial charge is 0.234 e. The molecule has 0 spiro atoms. The van der Waals surface area contributed by atoms with Crippen molar-refractivity contribution in [2.75, 3.05) is 0 Å². The van der Waals surface area contributed by atoms with Crippen molar-refractivity contribution >= 4 is 17.3 Å². The number of nitrogens with zero attached hydrogens (tertiary/aromatic N) is 3. The van der Waals surface area contributed by atoms with Crippen molar-refractivity contribution in [3.05, 3.63) is 28.2 Å². The Morgan fingerprint density at radius 3 is 2.90 bits per heavy atom. The molecule has 1 aromatic rings. The molecule has 0 aliphatic rings. The lowest BCUT2D eigenvalue weighted by Gasteiger charge is -1.82. The van der Waals surface area contributed by atoms with Gasteiger partial charge in [-0.2, -0.15) is 0 Å². The Balaban J connectivity index is 3.25. The number of diazo groups is 1. The molecule has 0 aliphatic carbocycles. The molecule has 50 valence electrons. The molecule has 0 fully saturated rings. The van der Waals surface area contributed by atoms with Crippen LogP contribution in [0.25, 0.3) is 4.98 Å². The lowest BCUT2D eigenvalue weighted by molar-refractivity contribution is 0.622. The summed E-state index contributed by atoms with van der Waals surface area (Å²) in [5.74, 6) is -0.586. The van der Waals surface area contributed by atoms with Crippen molar-refractivity contribution in [1.29, 1.82) is 5.39 Å². The molecule has 0 aliphatic heterocycles. The second-order valence-corrected chi connectivity index (χ2v) is 1.92. The first kappa shape index (κ1) is 6.90. The maximum Gasteiger partial charge on any atom is 0.424 e. The molecule has 1 rings (SSSR count). The Hall–Kier alpha value is -1.21. The largest absolute Gasteiger partial charge is 0.424 e. The van der Waals surface area contributed by atoms with Gasteiger partial charge in [0.2, 0.25) is 10.5 Å². The number of pyridine rings is 1. The zero-order valence-electron chi connectivity index (χ0n) is 4.75. The fourth-order valence-corrected chi connectivity index (χ4v) is 0.623. The van der Waals surface area contributed by atoms with E-state index < -0.39 is 5.82 Å². The third kappa shape index (κ3) is 1.20. The van der Waals surface area contributed by atoms with E-state index >= 15 is 0 Å². The van der Waals surface area contributed by atoms with Gasteiger partial charge in [-0.25, -0.2) is 9.37 Å². The third-order valence-electron chi connectivity index (χ3n) is 0.895. The molecule has 1 aromatic heterocycles. The van der Waals surface area contributed by atoms with Gasteiger partial charge in [0.25, 0.3) is 0 Å². The monoisotopic (exact) mass is 158 g/mol. The van der Waals surface area contributed by atoms with Gasteiger partial charge in [-0.1, -0.05) is 11.6 Å². The first-order valence-electron chi connectivity index (χ1n) is 2.40. The molecular weight excluding hydrogens is 157 g/mol. The van der Waals surface area contributed by atoms with Gasteiger partial charge in [-0.05, 0) is 0 Å². The van der Waals surface area contributed by atoms with Crippen molar-refractivity contribution in [2.45, 2.75) is 0 Å². The summed E-state index contributed by atoms with van der Waals surface area (Å²) in [6.07, 6.45) is 0.941. The summed E-state index contributed by atoms with van der Waals surface area (Å²) in [5, 5.41) is 8.15. The Labute approximate surface area is 61.1 Å². The van der Waals surface area contributed by atoms with Gasteiger partial charge in [0, 0.05) is 0 Å². The fraction of sp³-hybridized carbons (Fsp3) is 0. The Kier molecular flexibility index (Phi) is 1.78. The average Bonchev–Trinajstić information content (AvgIpc) is 1.94. The molecule has 3 nitrogen and oxygen atoms in total. The van der Waals surface area contributed by atoms with E-state index in [9.17, 15) is 4.39 Å². The van der Waals surface area contributed by atoms with E-state index in [-0.39, 0.29) is 10.8 Å². The summed E-state index contributed by atoms with van der Waals surface area (Å²) in [6.45, 7) is 0. The molecule has 1 heterocycles. The van der Waals surface area contributed by atoms with Crippen molar-refractivity contribution in [2.24, 2.45) is 0 Å². The second kappa shape index (κ2) is 2.58. The van der Waals surface area contributed by atoms with E-state index in [1.54, 1.807) is 0 Å². The van der Waals surface area contributed by atoms with Gasteiger partial charge < -0.3 is 0 Å². The highest BCUT2D eigenvalue weighted by Crippen LogP contribution is 2.21. The highest BCUT2D eigenvalue weighted by atomic mass is 35.5. The topological polar surface area (TPSA) is 41.0 Å². The molecule has 0 radical (unpaired) electrons. The normalized spacial score (nSPS) is 8.90. The summed E-state index contributed by atoms with van der Waals surface area (Å²) in [5.41, 5.74) is -0.0679. The SMILES string of the molecule is N#[N+]c1cc(F)cnc1Cl. The van der Waals surface area contributed by atoms with Crippen molar-refractivity contribution < 1.29 is 4.39 Å². The van der Waals surface area contributed by atoms with E-state index in [0.29, 0.717) is 0 Å². The van der Waals surface area contributed by atoms with Gasteiger partial charge in [0.15, 0.2) is 4.98 Å². The van der Waals surface area contributed by atoms with E-state index in [1.165, 1.54) is 0 Å². The van der Waals surface area contributed by atoms with Crippen LogP contribution in [-0.4, -0.2) is 4.98 Å². The lowest BCUT2D eigenvalue weighted by atomic mass is 10.4. The van der Waals surface area contributed by atoms with Crippen LogP contribution in [0.4, 0.5) is 10.1 Å². The van der Waals surface area contributed by atoms with Crippen LogP contribution >= 0.6 is 11.6 Å². The van der Waals surface area contributed by atoms with Crippen LogP contribution in [0.2, 0.25) is 5.15 Å². The van der Waals surface area contributed by atoms with Crippen LogP contribution in [0, 0.1) is 11.2 Å². The molecule has 0 unspecified atom stereocenters. The van der Waals surface area contributed by atoms with E-state index in [4.69, 9.17) is 17.0 Å². The van der Waals surface area contributed by atoms with Gasteiger partial charge in [-0.3, -0.25) is 0 Å². The minimum Gasteiger partial charge on any atom is -0.234 e. The molecule has 5 heteroatoms. The highest BCUT2D eigenvalue weighted by Gasteiger charge is 2.13. The predicted octanol–water partition coefficient (Wildman–Crippen LogP) is 2.36.